The van der Waals surface area contributed by atoms with Gasteiger partial charge in [0.05, 0.1) is 6.61 Å². The van der Waals surface area contributed by atoms with Gasteiger partial charge < -0.3 is 4.52 Å². The molecule has 0 N–H and O–H groups in total. The van der Waals surface area contributed by atoms with Gasteiger partial charge in [-0.15, -0.1) is 0 Å². The van der Waals surface area contributed by atoms with Gasteiger partial charge in [0.25, 0.3) is 0 Å². The summed E-state index contributed by atoms with van der Waals surface area (Å²) in [7, 11) is -2.43. The minimum atomic E-state index is -2.43. The highest BCUT2D eigenvalue weighted by Gasteiger charge is 2.07. The third kappa shape index (κ3) is 4.43. The molecule has 0 spiro atoms. The molecule has 9 heavy (non-hydrogen) atoms. The average molecular weight is 148 g/mol. The number of hydrogen-bond donors (Lipinski definition) is 0. The van der Waals surface area contributed by atoms with Crippen LogP contribution in [0.25, 0.3) is 0 Å². The fraction of sp³-hybridized carbons (Fsp3) is 0.667. The molecule has 3 heteroatoms. The maximum absolute atomic E-state index is 11.0. The Bertz CT molecular complexity index is 131. The molecule has 0 aromatic rings. The summed E-state index contributed by atoms with van der Waals surface area (Å²) < 4.78 is 16.0. The van der Waals surface area contributed by atoms with Gasteiger partial charge in [-0.05, 0) is 12.2 Å². The van der Waals surface area contributed by atoms with Crippen molar-refractivity contribution in [3.05, 3.63) is 12.4 Å². The van der Waals surface area contributed by atoms with Gasteiger partial charge in [-0.1, -0.05) is 13.5 Å². The van der Waals surface area contributed by atoms with Crippen molar-refractivity contribution in [1.29, 1.82) is 0 Å². The highest BCUT2D eigenvalue weighted by Crippen LogP contribution is 2.43. The zero-order valence-electron chi connectivity index (χ0n) is 5.96. The Morgan fingerprint density at radius 2 is 2.33 bits per heavy atom. The Labute approximate surface area is 56.4 Å². The minimum Gasteiger partial charge on any atom is -0.326 e. The van der Waals surface area contributed by atoms with E-state index >= 15 is 0 Å². The molecule has 0 saturated heterocycles. The monoisotopic (exact) mass is 148 g/mol. The molecule has 0 heterocycles. The van der Waals surface area contributed by atoms with E-state index in [9.17, 15) is 4.57 Å². The lowest BCUT2D eigenvalue weighted by Gasteiger charge is -2.06. The van der Waals surface area contributed by atoms with Crippen LogP contribution in [0.4, 0.5) is 0 Å². The molecule has 0 fully saturated rings. The molecule has 0 aromatic carbocycles. The molecule has 0 aliphatic rings. The second kappa shape index (κ2) is 3.86. The van der Waals surface area contributed by atoms with Crippen molar-refractivity contribution in [2.24, 2.45) is 0 Å². The Kier molecular flexibility index (Phi) is 3.83. The van der Waals surface area contributed by atoms with Gasteiger partial charge in [0.1, 0.15) is 0 Å². The second-order valence-corrected chi connectivity index (χ2v) is 4.37. The van der Waals surface area contributed by atoms with Gasteiger partial charge in [-0.25, -0.2) is 0 Å². The van der Waals surface area contributed by atoms with Crippen molar-refractivity contribution in [3.63, 3.8) is 0 Å². The Balaban J connectivity index is 3.59. The zero-order valence-corrected chi connectivity index (χ0v) is 6.86. The van der Waals surface area contributed by atoms with Crippen LogP contribution in [0.15, 0.2) is 12.4 Å². The van der Waals surface area contributed by atoms with E-state index < -0.39 is 7.37 Å². The van der Waals surface area contributed by atoms with Crippen LogP contribution < -0.4 is 0 Å². The molecule has 0 aliphatic heterocycles. The van der Waals surface area contributed by atoms with Crippen molar-refractivity contribution in [2.45, 2.75) is 13.3 Å². The van der Waals surface area contributed by atoms with Crippen LogP contribution in [0.1, 0.15) is 13.3 Å². The standard InChI is InChI=1S/C6H13O2P/c1-4-6-8-9(3,7)5-2/h5H,2,4,6H2,1,3H3. The first kappa shape index (κ1) is 8.93. The lowest BCUT2D eigenvalue weighted by atomic mass is 10.5. The van der Waals surface area contributed by atoms with E-state index in [1.165, 1.54) is 5.82 Å². The molecule has 0 aromatic heterocycles. The molecule has 0 amide bonds. The summed E-state index contributed by atoms with van der Waals surface area (Å²) in [6.45, 7) is 7.49. The average Bonchev–Trinajstić information content (AvgIpc) is 1.84. The first-order valence-corrected chi connectivity index (χ1v) is 5.12. The summed E-state index contributed by atoms with van der Waals surface area (Å²) in [5.41, 5.74) is 0. The third-order valence-electron chi connectivity index (χ3n) is 0.883. The molecule has 1 unspecified atom stereocenters. The summed E-state index contributed by atoms with van der Waals surface area (Å²) >= 11 is 0. The quantitative estimate of drug-likeness (QED) is 0.572. The predicted octanol–water partition coefficient (Wildman–Crippen LogP) is 2.46. The molecule has 1 atom stereocenters. The second-order valence-electron chi connectivity index (χ2n) is 1.92. The van der Waals surface area contributed by atoms with Crippen LogP contribution in [-0.4, -0.2) is 13.3 Å². The van der Waals surface area contributed by atoms with Gasteiger partial charge in [0, 0.05) is 6.66 Å². The van der Waals surface area contributed by atoms with Crippen LogP contribution in [0, 0.1) is 0 Å². The zero-order chi connectivity index (χ0) is 7.33. The molecular formula is C6H13O2P. The van der Waals surface area contributed by atoms with Crippen molar-refractivity contribution >= 4 is 7.37 Å². The Morgan fingerprint density at radius 3 is 2.67 bits per heavy atom. The van der Waals surface area contributed by atoms with Crippen LogP contribution in [0.2, 0.25) is 0 Å². The molecule has 0 rings (SSSR count). The summed E-state index contributed by atoms with van der Waals surface area (Å²) in [6, 6.07) is 0. The minimum absolute atomic E-state index is 0.555. The molecule has 2 nitrogen and oxygen atoms in total. The maximum atomic E-state index is 11.0. The summed E-state index contributed by atoms with van der Waals surface area (Å²) in [5, 5.41) is 0. The van der Waals surface area contributed by atoms with Gasteiger partial charge in [0.2, 0.25) is 7.37 Å². The molecule has 0 aliphatic carbocycles. The topological polar surface area (TPSA) is 26.3 Å². The molecule has 54 valence electrons. The van der Waals surface area contributed by atoms with Crippen LogP contribution in [0.3, 0.4) is 0 Å². The van der Waals surface area contributed by atoms with E-state index in [2.05, 4.69) is 6.58 Å². The van der Waals surface area contributed by atoms with Gasteiger partial charge in [-0.3, -0.25) is 4.57 Å². The molecular weight excluding hydrogens is 135 g/mol. The largest absolute Gasteiger partial charge is 0.326 e. The van der Waals surface area contributed by atoms with E-state index in [1.54, 1.807) is 6.66 Å². The van der Waals surface area contributed by atoms with Crippen molar-refractivity contribution in [2.75, 3.05) is 13.3 Å². The van der Waals surface area contributed by atoms with Crippen molar-refractivity contribution < 1.29 is 9.09 Å². The lowest BCUT2D eigenvalue weighted by Crippen LogP contribution is -1.86. The summed E-state index contributed by atoms with van der Waals surface area (Å²) in [4.78, 5) is 0. The lowest BCUT2D eigenvalue weighted by molar-refractivity contribution is 0.323. The van der Waals surface area contributed by atoms with Gasteiger partial charge in [0.15, 0.2) is 0 Å². The predicted molar refractivity (Wildman–Crippen MR) is 40.0 cm³/mol. The first-order valence-electron chi connectivity index (χ1n) is 2.97. The Hall–Kier alpha value is -0.0700. The molecule has 0 bridgehead atoms. The summed E-state index contributed by atoms with van der Waals surface area (Å²) in [5.74, 6) is 1.38. The van der Waals surface area contributed by atoms with E-state index in [4.69, 9.17) is 4.52 Å². The highest BCUT2D eigenvalue weighted by atomic mass is 31.2. The fourth-order valence-corrected chi connectivity index (χ4v) is 0.976. The third-order valence-corrected chi connectivity index (χ3v) is 2.24. The van der Waals surface area contributed by atoms with Crippen LogP contribution >= 0.6 is 7.37 Å². The molecule has 0 saturated carbocycles. The van der Waals surface area contributed by atoms with E-state index in [0.717, 1.165) is 6.42 Å². The summed E-state index contributed by atoms with van der Waals surface area (Å²) in [6.07, 6.45) is 0.895. The smallest absolute Gasteiger partial charge is 0.221 e. The number of rotatable bonds is 4. The van der Waals surface area contributed by atoms with Crippen molar-refractivity contribution in [3.8, 4) is 0 Å². The normalized spacial score (nSPS) is 16.7. The van der Waals surface area contributed by atoms with E-state index in [-0.39, 0.29) is 0 Å². The highest BCUT2D eigenvalue weighted by molar-refractivity contribution is 7.61. The van der Waals surface area contributed by atoms with Gasteiger partial charge in [-0.2, -0.15) is 0 Å². The van der Waals surface area contributed by atoms with E-state index in [0.29, 0.717) is 6.61 Å². The van der Waals surface area contributed by atoms with E-state index in [1.807, 2.05) is 6.92 Å². The van der Waals surface area contributed by atoms with Crippen molar-refractivity contribution in [1.82, 2.24) is 0 Å². The first-order chi connectivity index (χ1) is 4.12. The van der Waals surface area contributed by atoms with Crippen LogP contribution in [0.5, 0.6) is 0 Å². The van der Waals surface area contributed by atoms with Crippen LogP contribution in [-0.2, 0) is 9.09 Å². The Morgan fingerprint density at radius 1 is 1.78 bits per heavy atom. The SMILES string of the molecule is C=CP(C)(=O)OCCC. The maximum Gasteiger partial charge on any atom is 0.221 e. The van der Waals surface area contributed by atoms with Gasteiger partial charge >= 0.3 is 0 Å². The fourth-order valence-electron chi connectivity index (χ4n) is 0.325. The molecule has 0 radical (unpaired) electrons. The number of hydrogen-bond acceptors (Lipinski definition) is 2.